The lowest BCUT2D eigenvalue weighted by Gasteiger charge is -2.61. The third kappa shape index (κ3) is 3.40. The van der Waals surface area contributed by atoms with Crippen LogP contribution in [0.1, 0.15) is 50.7 Å². The number of aryl methyl sites for hydroxylation is 1. The van der Waals surface area contributed by atoms with E-state index in [4.69, 9.17) is 14.2 Å². The third-order valence-corrected chi connectivity index (χ3v) is 10.7. The van der Waals surface area contributed by atoms with E-state index in [2.05, 4.69) is 21.2 Å². The quantitative estimate of drug-likeness (QED) is 0.428. The van der Waals surface area contributed by atoms with Crippen LogP contribution in [-0.4, -0.2) is 83.1 Å². The number of benzene rings is 2. The van der Waals surface area contributed by atoms with E-state index in [1.165, 1.54) is 18.9 Å². The number of nitrogens with zero attached hydrogens (tertiary/aromatic N) is 3. The molecule has 7 rings (SSSR count). The molecule has 2 aromatic rings. The van der Waals surface area contributed by atoms with Crippen molar-refractivity contribution in [1.29, 1.82) is 5.26 Å². The summed E-state index contributed by atoms with van der Waals surface area (Å²) in [6, 6.07) is 2.27. The molecule has 0 aromatic heterocycles. The lowest BCUT2D eigenvalue weighted by atomic mass is 9.71. The number of piperazine rings is 1. The van der Waals surface area contributed by atoms with E-state index in [-0.39, 0.29) is 36.6 Å². The van der Waals surface area contributed by atoms with Gasteiger partial charge in [-0.2, -0.15) is 5.26 Å². The summed E-state index contributed by atoms with van der Waals surface area (Å²) in [5.41, 5.74) is 4.28. The van der Waals surface area contributed by atoms with Gasteiger partial charge in [0.05, 0.1) is 36.3 Å². The molecule has 214 valence electrons. The number of rotatable bonds is 1. The number of methoxy groups -OCH3 is 1. The third-order valence-electron chi connectivity index (χ3n) is 9.43. The fourth-order valence-electron chi connectivity index (χ4n) is 7.73. The van der Waals surface area contributed by atoms with Crippen molar-refractivity contribution in [2.24, 2.45) is 0 Å². The van der Waals surface area contributed by atoms with Crippen molar-refractivity contribution in [1.82, 2.24) is 15.1 Å². The fourth-order valence-corrected chi connectivity index (χ4v) is 9.09. The zero-order chi connectivity index (χ0) is 28.9. The standard InChI is InChI=1S/C29H30N4O7S/c1-11-5-13-6-14-15(7-30)33-16-8-31-29(37)17(34)9-41-28(20-19(16)27-26(39-10-40-27)12(2)23(20)35)22(33)21(32(14)3)18(13)24(36)25(11)38-4/h5,14-16,21-22,28,35-36H,6,8-10H2,1-4H3,(H,31,37)/t14?,15-,16-,21?,22?,28+/m0/s1. The summed E-state index contributed by atoms with van der Waals surface area (Å²) in [7, 11) is 3.49. The number of hydrogen-bond donors (Lipinski definition) is 3. The second kappa shape index (κ2) is 9.17. The number of nitriles is 1. The molecular formula is C29H30N4O7S. The molecule has 5 aliphatic heterocycles. The molecule has 5 heterocycles. The molecule has 4 bridgehead atoms. The van der Waals surface area contributed by atoms with Gasteiger partial charge in [0.2, 0.25) is 12.6 Å². The second-order valence-corrected chi connectivity index (χ2v) is 12.4. The molecule has 2 aromatic carbocycles. The van der Waals surface area contributed by atoms with Crippen LogP contribution in [0.25, 0.3) is 0 Å². The molecular weight excluding hydrogens is 548 g/mol. The SMILES string of the molecule is COc1c(C)cc2c(c1O)C1C3[C@@H]4SCC(=O)C(=O)NC[C@@H](c5c6c(c(C)c(O)c54)OCO6)N3[C@@H](C#N)C(C2)N1C. The van der Waals surface area contributed by atoms with Crippen LogP contribution in [0.3, 0.4) is 0 Å². The minimum absolute atomic E-state index is 0.0130. The number of ether oxygens (including phenoxy) is 3. The van der Waals surface area contributed by atoms with Gasteiger partial charge in [0.15, 0.2) is 23.0 Å². The van der Waals surface area contributed by atoms with Crippen LogP contribution in [-0.2, 0) is 16.0 Å². The second-order valence-electron chi connectivity index (χ2n) is 11.3. The summed E-state index contributed by atoms with van der Waals surface area (Å²) < 4.78 is 17.3. The van der Waals surface area contributed by atoms with E-state index in [1.807, 2.05) is 20.0 Å². The molecule has 6 atom stereocenters. The summed E-state index contributed by atoms with van der Waals surface area (Å²) >= 11 is 1.26. The topological polar surface area (TPSA) is 145 Å². The summed E-state index contributed by atoms with van der Waals surface area (Å²) in [6.45, 7) is 3.67. The maximum atomic E-state index is 12.8. The number of phenols is 2. The number of carbonyl (C=O) groups is 2. The van der Waals surface area contributed by atoms with E-state index >= 15 is 0 Å². The molecule has 11 nitrogen and oxygen atoms in total. The lowest BCUT2D eigenvalue weighted by Crippen LogP contribution is -2.69. The van der Waals surface area contributed by atoms with Crippen LogP contribution in [0.2, 0.25) is 0 Å². The Labute approximate surface area is 241 Å². The van der Waals surface area contributed by atoms with Crippen molar-refractivity contribution in [3.8, 4) is 34.8 Å². The highest BCUT2D eigenvalue weighted by Gasteiger charge is 2.60. The van der Waals surface area contributed by atoms with Crippen LogP contribution in [0.4, 0.5) is 0 Å². The number of thioether (sulfide) groups is 1. The lowest BCUT2D eigenvalue weighted by molar-refractivity contribution is -0.137. The fraction of sp³-hybridized carbons (Fsp3) is 0.483. The van der Waals surface area contributed by atoms with E-state index in [1.54, 1.807) is 6.92 Å². The monoisotopic (exact) mass is 578 g/mol. The molecule has 0 aliphatic carbocycles. The van der Waals surface area contributed by atoms with Crippen molar-refractivity contribution >= 4 is 23.5 Å². The number of likely N-dealkylation sites (N-methyl/N-ethyl adjacent to an activating group) is 1. The van der Waals surface area contributed by atoms with Gasteiger partial charge >= 0.3 is 0 Å². The number of aromatic hydroxyl groups is 2. The number of nitrogens with one attached hydrogen (secondary N) is 1. The molecule has 12 heteroatoms. The minimum atomic E-state index is -0.681. The normalized spacial score (nSPS) is 30.1. The summed E-state index contributed by atoms with van der Waals surface area (Å²) in [6.07, 6.45) is 0.529. The predicted molar refractivity (Wildman–Crippen MR) is 147 cm³/mol. The summed E-state index contributed by atoms with van der Waals surface area (Å²) in [5, 5.41) is 36.3. The van der Waals surface area contributed by atoms with Crippen molar-refractivity contribution in [3.63, 3.8) is 0 Å². The van der Waals surface area contributed by atoms with Crippen LogP contribution in [0.5, 0.6) is 28.7 Å². The van der Waals surface area contributed by atoms with Crippen LogP contribution < -0.4 is 19.5 Å². The van der Waals surface area contributed by atoms with Crippen molar-refractivity contribution < 1.29 is 34.0 Å². The molecule has 2 fully saturated rings. The van der Waals surface area contributed by atoms with Gasteiger partial charge < -0.3 is 29.7 Å². The largest absolute Gasteiger partial charge is 0.507 e. The minimum Gasteiger partial charge on any atom is -0.507 e. The summed E-state index contributed by atoms with van der Waals surface area (Å²) in [5.74, 6) is 0.0749. The molecule has 2 saturated heterocycles. The molecule has 0 spiro atoms. The van der Waals surface area contributed by atoms with Gasteiger partial charge in [0.1, 0.15) is 11.8 Å². The van der Waals surface area contributed by atoms with Crippen molar-refractivity contribution in [2.45, 2.75) is 55.7 Å². The number of amides is 1. The van der Waals surface area contributed by atoms with Crippen LogP contribution in [0.15, 0.2) is 6.07 Å². The van der Waals surface area contributed by atoms with E-state index in [9.17, 15) is 25.1 Å². The smallest absolute Gasteiger partial charge is 0.288 e. The molecule has 3 N–H and O–H groups in total. The van der Waals surface area contributed by atoms with E-state index in [0.717, 1.165) is 16.7 Å². The Hall–Kier alpha value is -3.66. The molecule has 41 heavy (non-hydrogen) atoms. The van der Waals surface area contributed by atoms with Gasteiger partial charge in [-0.1, -0.05) is 6.07 Å². The van der Waals surface area contributed by atoms with Gasteiger partial charge in [-0.15, -0.1) is 11.8 Å². The maximum absolute atomic E-state index is 12.8. The van der Waals surface area contributed by atoms with Crippen molar-refractivity contribution in [2.75, 3.05) is 33.2 Å². The van der Waals surface area contributed by atoms with E-state index in [0.29, 0.717) is 40.4 Å². The Morgan fingerprint density at radius 1 is 1.15 bits per heavy atom. The average Bonchev–Trinajstić information content (AvgIpc) is 3.44. The van der Waals surface area contributed by atoms with Crippen molar-refractivity contribution in [3.05, 3.63) is 39.4 Å². The van der Waals surface area contributed by atoms with Gasteiger partial charge in [-0.05, 0) is 38.4 Å². The van der Waals surface area contributed by atoms with Gasteiger partial charge in [-0.3, -0.25) is 19.4 Å². The Bertz CT molecular complexity index is 1570. The molecule has 5 aliphatic rings. The Morgan fingerprint density at radius 3 is 2.63 bits per heavy atom. The van der Waals surface area contributed by atoms with E-state index < -0.39 is 41.1 Å². The molecule has 0 radical (unpaired) electrons. The zero-order valence-corrected chi connectivity index (χ0v) is 23.9. The Kier molecular flexibility index (Phi) is 5.87. The highest BCUT2D eigenvalue weighted by Crippen LogP contribution is 2.63. The van der Waals surface area contributed by atoms with Crippen LogP contribution >= 0.6 is 11.8 Å². The van der Waals surface area contributed by atoms with Crippen LogP contribution in [0, 0.1) is 25.2 Å². The number of hydrogen-bond acceptors (Lipinski definition) is 11. The highest BCUT2D eigenvalue weighted by atomic mass is 32.2. The molecule has 1 amide bonds. The first kappa shape index (κ1) is 26.3. The average molecular weight is 579 g/mol. The zero-order valence-electron chi connectivity index (χ0n) is 23.1. The Morgan fingerprint density at radius 2 is 1.90 bits per heavy atom. The first-order chi connectivity index (χ1) is 19.7. The van der Waals surface area contributed by atoms with Gasteiger partial charge in [-0.25, -0.2) is 0 Å². The predicted octanol–water partition coefficient (Wildman–Crippen LogP) is 2.15. The Balaban J connectivity index is 1.55. The highest BCUT2D eigenvalue weighted by molar-refractivity contribution is 8.00. The molecule has 3 unspecified atom stereocenters. The number of Topliss-reactive ketones (excluding diaryl/α,β-unsaturated/α-hetero) is 1. The van der Waals surface area contributed by atoms with Gasteiger partial charge in [0.25, 0.3) is 5.91 Å². The number of phenolic OH excluding ortho intramolecular Hbond substituents is 2. The summed E-state index contributed by atoms with van der Waals surface area (Å²) in [4.78, 5) is 29.8. The first-order valence-electron chi connectivity index (χ1n) is 13.5. The maximum Gasteiger partial charge on any atom is 0.288 e. The number of fused-ring (bicyclic) bond motifs is 9. The molecule has 0 saturated carbocycles. The van der Waals surface area contributed by atoms with Gasteiger partial charge in [0, 0.05) is 40.9 Å². The number of ketones is 1. The number of carbonyl (C=O) groups excluding carboxylic acids is 2. The first-order valence-corrected chi connectivity index (χ1v) is 14.6.